The maximum absolute atomic E-state index is 12.7. The molecule has 1 aliphatic carbocycles. The van der Waals surface area contributed by atoms with E-state index < -0.39 is 5.54 Å². The van der Waals surface area contributed by atoms with Gasteiger partial charge in [0.05, 0.1) is 0 Å². The molecule has 1 aliphatic heterocycles. The van der Waals surface area contributed by atoms with E-state index in [1.807, 2.05) is 11.8 Å². The molecule has 0 aromatic carbocycles. The van der Waals surface area contributed by atoms with E-state index in [2.05, 4.69) is 12.2 Å². The third-order valence-corrected chi connectivity index (χ3v) is 4.75. The first kappa shape index (κ1) is 14.4. The molecule has 3 unspecified atom stereocenters. The second-order valence-corrected chi connectivity index (χ2v) is 6.52. The number of amides is 2. The molecule has 0 aromatic rings. The van der Waals surface area contributed by atoms with Crippen LogP contribution >= 0.6 is 0 Å². The molecule has 2 amide bonds. The van der Waals surface area contributed by atoms with Crippen LogP contribution in [0.5, 0.6) is 0 Å². The summed E-state index contributed by atoms with van der Waals surface area (Å²) in [6.45, 7) is 7.64. The molecule has 1 heterocycles. The van der Waals surface area contributed by atoms with Crippen molar-refractivity contribution in [1.82, 2.24) is 10.2 Å². The SMILES string of the molecule is CCC1CCCCC1N1C(=O)C(C)(C)NC(=O)C1C. The van der Waals surface area contributed by atoms with Gasteiger partial charge >= 0.3 is 0 Å². The number of nitrogens with zero attached hydrogens (tertiary/aromatic N) is 1. The van der Waals surface area contributed by atoms with Gasteiger partial charge < -0.3 is 10.2 Å². The fourth-order valence-electron chi connectivity index (χ4n) is 3.56. The van der Waals surface area contributed by atoms with E-state index in [0.29, 0.717) is 5.92 Å². The Hall–Kier alpha value is -1.06. The summed E-state index contributed by atoms with van der Waals surface area (Å²) < 4.78 is 0. The Balaban J connectivity index is 2.28. The van der Waals surface area contributed by atoms with Crippen LogP contribution in [-0.2, 0) is 9.59 Å². The normalized spacial score (nSPS) is 35.2. The van der Waals surface area contributed by atoms with Crippen LogP contribution in [0.2, 0.25) is 0 Å². The van der Waals surface area contributed by atoms with E-state index >= 15 is 0 Å². The van der Waals surface area contributed by atoms with Gasteiger partial charge in [0.15, 0.2) is 0 Å². The second kappa shape index (κ2) is 5.14. The van der Waals surface area contributed by atoms with Gasteiger partial charge in [-0.2, -0.15) is 0 Å². The Kier molecular flexibility index (Phi) is 3.88. The third-order valence-electron chi connectivity index (χ3n) is 4.75. The van der Waals surface area contributed by atoms with Gasteiger partial charge in [0.25, 0.3) is 0 Å². The van der Waals surface area contributed by atoms with Crippen LogP contribution in [0.15, 0.2) is 0 Å². The third kappa shape index (κ3) is 2.49. The first-order valence-electron chi connectivity index (χ1n) is 7.53. The number of carbonyl (C=O) groups excluding carboxylic acids is 2. The Morgan fingerprint density at radius 1 is 1.26 bits per heavy atom. The number of piperazine rings is 1. The summed E-state index contributed by atoms with van der Waals surface area (Å²) in [6, 6.07) is -0.0933. The molecule has 0 spiro atoms. The fraction of sp³-hybridized carbons (Fsp3) is 0.867. The number of rotatable bonds is 2. The minimum absolute atomic E-state index is 0.0231. The van der Waals surface area contributed by atoms with Crippen molar-refractivity contribution in [3.05, 3.63) is 0 Å². The molecule has 2 aliphatic rings. The van der Waals surface area contributed by atoms with Gasteiger partial charge in [-0.05, 0) is 39.5 Å². The highest BCUT2D eigenvalue weighted by Gasteiger charge is 2.47. The van der Waals surface area contributed by atoms with Crippen LogP contribution in [0.4, 0.5) is 0 Å². The smallest absolute Gasteiger partial charge is 0.248 e. The molecule has 4 heteroatoms. The summed E-state index contributed by atoms with van der Waals surface area (Å²) in [7, 11) is 0. The van der Waals surface area contributed by atoms with Crippen molar-refractivity contribution in [2.24, 2.45) is 5.92 Å². The van der Waals surface area contributed by atoms with Gasteiger partial charge in [-0.1, -0.05) is 26.2 Å². The molecule has 4 nitrogen and oxygen atoms in total. The zero-order valence-electron chi connectivity index (χ0n) is 12.5. The standard InChI is InChI=1S/C15H26N2O2/c1-5-11-8-6-7-9-12(11)17-10(2)13(18)16-15(3,4)14(17)19/h10-12H,5-9H2,1-4H3,(H,16,18). The number of hydrogen-bond donors (Lipinski definition) is 1. The summed E-state index contributed by atoms with van der Waals surface area (Å²) in [5.74, 6) is 0.594. The molecule has 0 radical (unpaired) electrons. The average molecular weight is 266 g/mol. The molecule has 0 aromatic heterocycles. The van der Waals surface area contributed by atoms with Crippen LogP contribution in [0, 0.1) is 5.92 Å². The molecule has 19 heavy (non-hydrogen) atoms. The minimum Gasteiger partial charge on any atom is -0.340 e. The molecule has 2 fully saturated rings. The summed E-state index contributed by atoms with van der Waals surface area (Å²) in [6.07, 6.45) is 5.72. The monoisotopic (exact) mass is 266 g/mol. The van der Waals surface area contributed by atoms with Crippen molar-refractivity contribution in [3.63, 3.8) is 0 Å². The molecule has 108 valence electrons. The lowest BCUT2D eigenvalue weighted by Crippen LogP contribution is -2.70. The van der Waals surface area contributed by atoms with Crippen LogP contribution in [0.3, 0.4) is 0 Å². The lowest BCUT2D eigenvalue weighted by atomic mass is 9.80. The van der Waals surface area contributed by atoms with E-state index in [0.717, 1.165) is 12.8 Å². The Morgan fingerprint density at radius 2 is 1.89 bits per heavy atom. The molecule has 3 atom stereocenters. The van der Waals surface area contributed by atoms with Gasteiger partial charge in [0.1, 0.15) is 11.6 Å². The predicted molar refractivity (Wildman–Crippen MR) is 74.6 cm³/mol. The van der Waals surface area contributed by atoms with Crippen molar-refractivity contribution >= 4 is 11.8 Å². The van der Waals surface area contributed by atoms with E-state index in [4.69, 9.17) is 0 Å². The van der Waals surface area contributed by atoms with E-state index in [1.165, 1.54) is 19.3 Å². The Labute approximate surface area is 115 Å². The molecule has 1 N–H and O–H groups in total. The first-order chi connectivity index (χ1) is 8.88. The largest absolute Gasteiger partial charge is 0.340 e. The highest BCUT2D eigenvalue weighted by atomic mass is 16.2. The van der Waals surface area contributed by atoms with Crippen LogP contribution < -0.4 is 5.32 Å². The van der Waals surface area contributed by atoms with Crippen molar-refractivity contribution in [2.45, 2.75) is 77.4 Å². The molecule has 0 bridgehead atoms. The van der Waals surface area contributed by atoms with Crippen LogP contribution in [-0.4, -0.2) is 34.3 Å². The summed E-state index contributed by atoms with van der Waals surface area (Å²) in [5.41, 5.74) is -0.765. The highest BCUT2D eigenvalue weighted by molar-refractivity contribution is 5.99. The zero-order valence-corrected chi connectivity index (χ0v) is 12.5. The topological polar surface area (TPSA) is 49.4 Å². The maximum Gasteiger partial charge on any atom is 0.248 e. The van der Waals surface area contributed by atoms with Crippen molar-refractivity contribution in [3.8, 4) is 0 Å². The van der Waals surface area contributed by atoms with E-state index in [9.17, 15) is 9.59 Å². The maximum atomic E-state index is 12.7. The molecular weight excluding hydrogens is 240 g/mol. The quantitative estimate of drug-likeness (QED) is 0.832. The first-order valence-corrected chi connectivity index (χ1v) is 7.53. The number of nitrogens with one attached hydrogen (secondary N) is 1. The van der Waals surface area contributed by atoms with Crippen LogP contribution in [0.1, 0.15) is 59.8 Å². The van der Waals surface area contributed by atoms with Crippen LogP contribution in [0.25, 0.3) is 0 Å². The van der Waals surface area contributed by atoms with Gasteiger partial charge in [0.2, 0.25) is 11.8 Å². The fourth-order valence-corrected chi connectivity index (χ4v) is 3.56. The van der Waals surface area contributed by atoms with E-state index in [1.54, 1.807) is 13.8 Å². The molecular formula is C15H26N2O2. The van der Waals surface area contributed by atoms with Gasteiger partial charge in [-0.3, -0.25) is 9.59 Å². The molecule has 1 saturated carbocycles. The number of hydrogen-bond acceptors (Lipinski definition) is 2. The molecule has 2 rings (SSSR count). The average Bonchev–Trinajstić information content (AvgIpc) is 2.37. The van der Waals surface area contributed by atoms with Crippen molar-refractivity contribution < 1.29 is 9.59 Å². The summed E-state index contributed by atoms with van der Waals surface area (Å²) in [4.78, 5) is 26.7. The number of carbonyl (C=O) groups is 2. The minimum atomic E-state index is -0.765. The van der Waals surface area contributed by atoms with Crippen molar-refractivity contribution in [1.29, 1.82) is 0 Å². The lowest BCUT2D eigenvalue weighted by Gasteiger charge is -2.48. The zero-order chi connectivity index (χ0) is 14.2. The predicted octanol–water partition coefficient (Wildman–Crippen LogP) is 2.08. The Bertz CT molecular complexity index is 378. The second-order valence-electron chi connectivity index (χ2n) is 6.52. The molecule has 1 saturated heterocycles. The summed E-state index contributed by atoms with van der Waals surface area (Å²) >= 11 is 0. The highest BCUT2D eigenvalue weighted by Crippen LogP contribution is 2.34. The Morgan fingerprint density at radius 3 is 2.53 bits per heavy atom. The van der Waals surface area contributed by atoms with Gasteiger partial charge in [-0.15, -0.1) is 0 Å². The lowest BCUT2D eigenvalue weighted by molar-refractivity contribution is -0.158. The van der Waals surface area contributed by atoms with Gasteiger partial charge in [0, 0.05) is 6.04 Å². The summed E-state index contributed by atoms with van der Waals surface area (Å²) in [5, 5.41) is 2.83. The van der Waals surface area contributed by atoms with E-state index in [-0.39, 0.29) is 23.9 Å². The van der Waals surface area contributed by atoms with Crippen molar-refractivity contribution in [2.75, 3.05) is 0 Å². The van der Waals surface area contributed by atoms with Gasteiger partial charge in [-0.25, -0.2) is 0 Å².